The average Bonchev–Trinajstić information content (AvgIpc) is 2.81. The van der Waals surface area contributed by atoms with Gasteiger partial charge in [-0.15, -0.1) is 0 Å². The van der Waals surface area contributed by atoms with Gasteiger partial charge in [-0.3, -0.25) is 4.55 Å². The van der Waals surface area contributed by atoms with Crippen LogP contribution in [0.2, 0.25) is 0 Å². The predicted molar refractivity (Wildman–Crippen MR) is 146 cm³/mol. The second-order valence-electron chi connectivity index (χ2n) is 9.99. The zero-order valence-corrected chi connectivity index (χ0v) is 22.6. The molecule has 0 saturated carbocycles. The fraction of sp³-hybridized carbons (Fsp3) is 0.667. The summed E-state index contributed by atoms with van der Waals surface area (Å²) in [5.74, 6) is 0. The van der Waals surface area contributed by atoms with Gasteiger partial charge in [-0.2, -0.15) is 8.42 Å². The third kappa shape index (κ3) is 10.1. The summed E-state index contributed by atoms with van der Waals surface area (Å²) in [6, 6.07) is 10.0. The second kappa shape index (κ2) is 16.3. The summed E-state index contributed by atoms with van der Waals surface area (Å²) in [6.45, 7) is 4.47. The molecule has 2 aromatic rings. The monoisotopic (exact) mass is 488 g/mol. The van der Waals surface area contributed by atoms with Gasteiger partial charge in [0.2, 0.25) is 0 Å². The van der Waals surface area contributed by atoms with E-state index in [0.29, 0.717) is 12.8 Å². The normalized spacial score (nSPS) is 12.0. The van der Waals surface area contributed by atoms with Crippen LogP contribution in [0.15, 0.2) is 35.2 Å². The molecule has 4 heteroatoms. The number of hydrogen-bond acceptors (Lipinski definition) is 2. The molecule has 0 saturated heterocycles. The molecule has 0 amide bonds. The molecule has 192 valence electrons. The lowest BCUT2D eigenvalue weighted by molar-refractivity contribution is 0.480. The Kier molecular flexibility index (Phi) is 13.8. The molecule has 0 aliphatic carbocycles. The molecular formula is C30H48O3S. The van der Waals surface area contributed by atoms with Gasteiger partial charge >= 0.3 is 0 Å². The van der Waals surface area contributed by atoms with E-state index in [-0.39, 0.29) is 4.90 Å². The van der Waals surface area contributed by atoms with Crippen molar-refractivity contribution >= 4 is 20.9 Å². The smallest absolute Gasteiger partial charge is 0.282 e. The van der Waals surface area contributed by atoms with E-state index in [2.05, 4.69) is 19.9 Å². The molecule has 0 aromatic heterocycles. The van der Waals surface area contributed by atoms with Crippen LogP contribution in [-0.2, 0) is 23.0 Å². The Balaban J connectivity index is 2.06. The first-order valence-electron chi connectivity index (χ1n) is 14.0. The van der Waals surface area contributed by atoms with Crippen LogP contribution in [0.3, 0.4) is 0 Å². The second-order valence-corrected chi connectivity index (χ2v) is 11.3. The van der Waals surface area contributed by atoms with Crippen LogP contribution in [0, 0.1) is 0 Å². The molecule has 0 heterocycles. The van der Waals surface area contributed by atoms with E-state index < -0.39 is 10.1 Å². The Morgan fingerprint density at radius 3 is 1.65 bits per heavy atom. The highest BCUT2D eigenvalue weighted by atomic mass is 32.2. The lowest BCUT2D eigenvalue weighted by Crippen LogP contribution is -2.09. The predicted octanol–water partition coefficient (Wildman–Crippen LogP) is 9.45. The fourth-order valence-corrected chi connectivity index (χ4v) is 6.12. The minimum Gasteiger partial charge on any atom is -0.282 e. The first-order valence-corrected chi connectivity index (χ1v) is 15.4. The zero-order valence-electron chi connectivity index (χ0n) is 21.8. The summed E-state index contributed by atoms with van der Waals surface area (Å²) in [4.78, 5) is 0.192. The fourth-order valence-electron chi connectivity index (χ4n) is 5.11. The SMILES string of the molecule is CCCCCCCCCCc1cc2ccccc2c(CCCCCCCCCC)c1S(=O)(=O)O. The van der Waals surface area contributed by atoms with Crippen LogP contribution >= 0.6 is 0 Å². The van der Waals surface area contributed by atoms with E-state index in [1.165, 1.54) is 77.0 Å². The van der Waals surface area contributed by atoms with Gasteiger partial charge in [0.15, 0.2) is 0 Å². The summed E-state index contributed by atoms with van der Waals surface area (Å²) >= 11 is 0. The van der Waals surface area contributed by atoms with Gasteiger partial charge in [0.1, 0.15) is 4.90 Å². The highest BCUT2D eigenvalue weighted by Crippen LogP contribution is 2.32. The number of unbranched alkanes of at least 4 members (excludes halogenated alkanes) is 14. The van der Waals surface area contributed by atoms with E-state index >= 15 is 0 Å². The molecule has 0 atom stereocenters. The third-order valence-corrected chi connectivity index (χ3v) is 8.04. The summed E-state index contributed by atoms with van der Waals surface area (Å²) in [7, 11) is -4.27. The molecule has 2 aromatic carbocycles. The number of hydrogen-bond donors (Lipinski definition) is 1. The molecule has 34 heavy (non-hydrogen) atoms. The molecular weight excluding hydrogens is 440 g/mol. The minimum atomic E-state index is -4.27. The third-order valence-electron chi connectivity index (χ3n) is 7.02. The molecule has 0 unspecified atom stereocenters. The van der Waals surface area contributed by atoms with Crippen molar-refractivity contribution in [2.45, 2.75) is 134 Å². The van der Waals surface area contributed by atoms with Crippen molar-refractivity contribution in [3.8, 4) is 0 Å². The van der Waals surface area contributed by atoms with Crippen molar-refractivity contribution in [1.82, 2.24) is 0 Å². The number of aryl methyl sites for hydroxylation is 2. The number of fused-ring (bicyclic) bond motifs is 1. The first-order chi connectivity index (χ1) is 16.5. The zero-order chi connectivity index (χ0) is 24.7. The van der Waals surface area contributed by atoms with Crippen LogP contribution < -0.4 is 0 Å². The maximum atomic E-state index is 12.5. The highest BCUT2D eigenvalue weighted by molar-refractivity contribution is 7.86. The van der Waals surface area contributed by atoms with Crippen LogP contribution in [0.25, 0.3) is 10.8 Å². The summed E-state index contributed by atoms with van der Waals surface area (Å²) < 4.78 is 35.3. The van der Waals surface area contributed by atoms with Gasteiger partial charge in [-0.25, -0.2) is 0 Å². The molecule has 0 aliphatic rings. The molecule has 0 aliphatic heterocycles. The molecule has 0 radical (unpaired) electrons. The van der Waals surface area contributed by atoms with Gasteiger partial charge in [0.05, 0.1) is 0 Å². The van der Waals surface area contributed by atoms with Crippen molar-refractivity contribution in [1.29, 1.82) is 0 Å². The molecule has 3 nitrogen and oxygen atoms in total. The Hall–Kier alpha value is -1.39. The Bertz CT molecular complexity index is 933. The standard InChI is InChI=1S/C30H48O3S/c1-3-5-7-9-11-13-15-17-22-27-25-26-21-19-20-23-28(26)29(30(27)34(31,32)33)24-18-16-14-12-10-8-6-4-2/h19-21,23,25H,3-18,22,24H2,1-2H3,(H,31,32,33). The molecule has 2 rings (SSSR count). The summed E-state index contributed by atoms with van der Waals surface area (Å²) in [6.07, 6.45) is 20.8. The highest BCUT2D eigenvalue weighted by Gasteiger charge is 2.22. The number of benzene rings is 2. The van der Waals surface area contributed by atoms with Gasteiger partial charge < -0.3 is 0 Å². The Labute approximate surface area is 209 Å². The van der Waals surface area contributed by atoms with E-state index in [1.54, 1.807) is 0 Å². The van der Waals surface area contributed by atoms with E-state index in [0.717, 1.165) is 47.6 Å². The molecule has 1 N–H and O–H groups in total. The number of rotatable bonds is 19. The average molecular weight is 489 g/mol. The van der Waals surface area contributed by atoms with Crippen LogP contribution in [0.1, 0.15) is 128 Å². The minimum absolute atomic E-state index is 0.192. The first kappa shape index (κ1) is 28.8. The lowest BCUT2D eigenvalue weighted by atomic mass is 9.94. The van der Waals surface area contributed by atoms with Crippen LogP contribution in [0.4, 0.5) is 0 Å². The van der Waals surface area contributed by atoms with Crippen molar-refractivity contribution in [2.75, 3.05) is 0 Å². The maximum Gasteiger partial charge on any atom is 0.295 e. The molecule has 0 bridgehead atoms. The van der Waals surface area contributed by atoms with E-state index in [9.17, 15) is 13.0 Å². The largest absolute Gasteiger partial charge is 0.295 e. The van der Waals surface area contributed by atoms with E-state index in [1.807, 2.05) is 24.3 Å². The van der Waals surface area contributed by atoms with Crippen molar-refractivity contribution in [3.63, 3.8) is 0 Å². The van der Waals surface area contributed by atoms with Gasteiger partial charge in [0, 0.05) is 0 Å². The van der Waals surface area contributed by atoms with Gasteiger partial charge in [-0.1, -0.05) is 128 Å². The lowest BCUT2D eigenvalue weighted by Gasteiger charge is -2.16. The van der Waals surface area contributed by atoms with Crippen LogP contribution in [0.5, 0.6) is 0 Å². The quantitative estimate of drug-likeness (QED) is 0.158. The van der Waals surface area contributed by atoms with Crippen LogP contribution in [-0.4, -0.2) is 13.0 Å². The topological polar surface area (TPSA) is 54.4 Å². The van der Waals surface area contributed by atoms with Gasteiger partial charge in [0.25, 0.3) is 10.1 Å². The van der Waals surface area contributed by atoms with Crippen molar-refractivity contribution in [2.24, 2.45) is 0 Å². The summed E-state index contributed by atoms with van der Waals surface area (Å²) in [5, 5.41) is 2.05. The Morgan fingerprint density at radius 2 is 1.12 bits per heavy atom. The molecule has 0 spiro atoms. The maximum absolute atomic E-state index is 12.5. The van der Waals surface area contributed by atoms with Crippen molar-refractivity contribution in [3.05, 3.63) is 41.5 Å². The molecule has 0 fully saturated rings. The van der Waals surface area contributed by atoms with Crippen molar-refractivity contribution < 1.29 is 13.0 Å². The Morgan fingerprint density at radius 1 is 0.647 bits per heavy atom. The summed E-state index contributed by atoms with van der Waals surface area (Å²) in [5.41, 5.74) is 1.61. The van der Waals surface area contributed by atoms with Gasteiger partial charge in [-0.05, 0) is 53.6 Å². The van der Waals surface area contributed by atoms with E-state index in [4.69, 9.17) is 0 Å².